The second-order valence-electron chi connectivity index (χ2n) is 7.36. The molecule has 0 spiro atoms. The highest BCUT2D eigenvalue weighted by molar-refractivity contribution is 9.10. The van der Waals surface area contributed by atoms with E-state index in [9.17, 15) is 4.79 Å². The standard InChI is InChI=1S/C21H25BrN2O3/c1-13-19(21(25)23-9-11-27-18-4-2-3-10-26-18)16-12-15(22)7-8-17(16)24-20(13)14-5-6-14/h7-8,12,14,18H,2-6,9-11H2,1H3,(H,23,25). The lowest BCUT2D eigenvalue weighted by molar-refractivity contribution is -0.161. The number of ether oxygens (including phenoxy) is 2. The van der Waals surface area contributed by atoms with Crippen molar-refractivity contribution in [1.29, 1.82) is 0 Å². The van der Waals surface area contributed by atoms with Crippen molar-refractivity contribution in [3.05, 3.63) is 39.5 Å². The first-order valence-corrected chi connectivity index (χ1v) is 10.5. The number of nitrogens with zero attached hydrogens (tertiary/aromatic N) is 1. The van der Waals surface area contributed by atoms with Crippen LogP contribution in [0.25, 0.3) is 10.9 Å². The van der Waals surface area contributed by atoms with Gasteiger partial charge in [-0.2, -0.15) is 0 Å². The van der Waals surface area contributed by atoms with Gasteiger partial charge < -0.3 is 14.8 Å². The summed E-state index contributed by atoms with van der Waals surface area (Å²) in [6, 6.07) is 5.93. The fraction of sp³-hybridized carbons (Fsp3) is 0.524. The van der Waals surface area contributed by atoms with Crippen LogP contribution in [0.3, 0.4) is 0 Å². The van der Waals surface area contributed by atoms with E-state index in [4.69, 9.17) is 14.5 Å². The highest BCUT2D eigenvalue weighted by atomic mass is 79.9. The van der Waals surface area contributed by atoms with E-state index in [0.717, 1.165) is 70.9 Å². The lowest BCUT2D eigenvalue weighted by Crippen LogP contribution is -2.31. The molecule has 144 valence electrons. The number of rotatable bonds is 6. The smallest absolute Gasteiger partial charge is 0.252 e. The van der Waals surface area contributed by atoms with Crippen LogP contribution in [-0.4, -0.2) is 36.9 Å². The second-order valence-corrected chi connectivity index (χ2v) is 8.27. The number of aromatic nitrogens is 1. The van der Waals surface area contributed by atoms with Crippen molar-refractivity contribution in [2.45, 2.75) is 51.2 Å². The number of hydrogen-bond donors (Lipinski definition) is 1. The van der Waals surface area contributed by atoms with Crippen LogP contribution < -0.4 is 5.32 Å². The van der Waals surface area contributed by atoms with Gasteiger partial charge in [-0.25, -0.2) is 0 Å². The van der Waals surface area contributed by atoms with Crippen molar-refractivity contribution in [3.63, 3.8) is 0 Å². The molecule has 1 atom stereocenters. The predicted molar refractivity (Wildman–Crippen MR) is 108 cm³/mol. The predicted octanol–water partition coefficient (Wildman–Crippen LogP) is 4.46. The van der Waals surface area contributed by atoms with Crippen LogP contribution in [0.2, 0.25) is 0 Å². The summed E-state index contributed by atoms with van der Waals surface area (Å²) in [5.41, 5.74) is 3.68. The fourth-order valence-corrected chi connectivity index (χ4v) is 4.04. The lowest BCUT2D eigenvalue weighted by Gasteiger charge is -2.22. The molecule has 0 bridgehead atoms. The molecule has 27 heavy (non-hydrogen) atoms. The average molecular weight is 433 g/mol. The summed E-state index contributed by atoms with van der Waals surface area (Å²) in [6.07, 6.45) is 5.36. The van der Waals surface area contributed by atoms with Gasteiger partial charge in [0, 0.05) is 34.6 Å². The van der Waals surface area contributed by atoms with E-state index in [1.165, 1.54) is 0 Å². The monoisotopic (exact) mass is 432 g/mol. The summed E-state index contributed by atoms with van der Waals surface area (Å²) in [4.78, 5) is 17.8. The zero-order chi connectivity index (χ0) is 18.8. The van der Waals surface area contributed by atoms with Gasteiger partial charge in [0.25, 0.3) is 5.91 Å². The molecule has 2 heterocycles. The number of benzene rings is 1. The molecule has 1 saturated carbocycles. The molecule has 2 aromatic rings. The minimum atomic E-state index is -0.128. The highest BCUT2D eigenvalue weighted by Gasteiger charge is 2.30. The molecule has 1 unspecified atom stereocenters. The van der Waals surface area contributed by atoms with E-state index in [1.54, 1.807) is 0 Å². The molecule has 0 radical (unpaired) electrons. The second kappa shape index (κ2) is 8.25. The SMILES string of the molecule is Cc1c(C2CC2)nc2ccc(Br)cc2c1C(=O)NCCOC1CCCCO1. The van der Waals surface area contributed by atoms with E-state index in [-0.39, 0.29) is 12.2 Å². The summed E-state index contributed by atoms with van der Waals surface area (Å²) in [5.74, 6) is 0.435. The molecule has 1 aromatic heterocycles. The number of halogens is 1. The Morgan fingerprint density at radius 1 is 1.33 bits per heavy atom. The molecule has 1 saturated heterocycles. The molecule has 6 heteroatoms. The third-order valence-corrected chi connectivity index (χ3v) is 5.74. The quantitative estimate of drug-likeness (QED) is 0.684. The van der Waals surface area contributed by atoms with Gasteiger partial charge in [0.15, 0.2) is 6.29 Å². The van der Waals surface area contributed by atoms with Crippen LogP contribution in [0, 0.1) is 6.92 Å². The van der Waals surface area contributed by atoms with Gasteiger partial charge in [-0.15, -0.1) is 0 Å². The van der Waals surface area contributed by atoms with Gasteiger partial charge in [-0.1, -0.05) is 15.9 Å². The van der Waals surface area contributed by atoms with Gasteiger partial charge in [-0.05, 0) is 62.8 Å². The van der Waals surface area contributed by atoms with E-state index in [0.29, 0.717) is 19.1 Å². The third-order valence-electron chi connectivity index (χ3n) is 5.25. The van der Waals surface area contributed by atoms with E-state index < -0.39 is 0 Å². The Morgan fingerprint density at radius 2 is 2.19 bits per heavy atom. The summed E-state index contributed by atoms with van der Waals surface area (Å²) in [5, 5.41) is 3.90. The summed E-state index contributed by atoms with van der Waals surface area (Å²) in [6.45, 7) is 3.70. The largest absolute Gasteiger partial charge is 0.353 e. The van der Waals surface area contributed by atoms with Crippen molar-refractivity contribution < 1.29 is 14.3 Å². The molecular weight excluding hydrogens is 408 g/mol. The molecule has 2 aliphatic rings. The minimum Gasteiger partial charge on any atom is -0.353 e. The minimum absolute atomic E-state index is 0.0620. The van der Waals surface area contributed by atoms with Crippen molar-refractivity contribution >= 4 is 32.7 Å². The van der Waals surface area contributed by atoms with Crippen molar-refractivity contribution in [3.8, 4) is 0 Å². The number of pyridine rings is 1. The number of hydrogen-bond acceptors (Lipinski definition) is 4. The van der Waals surface area contributed by atoms with Crippen molar-refractivity contribution in [2.75, 3.05) is 19.8 Å². The van der Waals surface area contributed by atoms with Gasteiger partial charge in [0.1, 0.15) is 0 Å². The number of carbonyl (C=O) groups is 1. The maximum absolute atomic E-state index is 13.0. The molecule has 2 fully saturated rings. The molecule has 1 N–H and O–H groups in total. The first-order valence-electron chi connectivity index (χ1n) is 9.74. The topological polar surface area (TPSA) is 60.5 Å². The normalized spacial score (nSPS) is 20.0. The zero-order valence-corrected chi connectivity index (χ0v) is 17.2. The third kappa shape index (κ3) is 4.33. The molecule has 4 rings (SSSR count). The molecule has 5 nitrogen and oxygen atoms in total. The first kappa shape index (κ1) is 18.8. The average Bonchev–Trinajstić information content (AvgIpc) is 3.50. The van der Waals surface area contributed by atoms with Crippen molar-refractivity contribution in [2.24, 2.45) is 0 Å². The van der Waals surface area contributed by atoms with Crippen LogP contribution >= 0.6 is 15.9 Å². The van der Waals surface area contributed by atoms with Crippen LogP contribution in [-0.2, 0) is 9.47 Å². The Kier molecular flexibility index (Phi) is 5.76. The van der Waals surface area contributed by atoms with E-state index >= 15 is 0 Å². The van der Waals surface area contributed by atoms with E-state index in [2.05, 4.69) is 21.2 Å². The van der Waals surface area contributed by atoms with Gasteiger partial charge >= 0.3 is 0 Å². The Balaban J connectivity index is 1.49. The Morgan fingerprint density at radius 3 is 2.93 bits per heavy atom. The number of fused-ring (bicyclic) bond motifs is 1. The molecule has 1 amide bonds. The van der Waals surface area contributed by atoms with Crippen LogP contribution in [0.4, 0.5) is 0 Å². The first-order chi connectivity index (χ1) is 13.1. The molecule has 1 aliphatic heterocycles. The zero-order valence-electron chi connectivity index (χ0n) is 15.6. The number of carbonyl (C=O) groups excluding carboxylic acids is 1. The van der Waals surface area contributed by atoms with Gasteiger partial charge in [0.2, 0.25) is 0 Å². The van der Waals surface area contributed by atoms with Crippen LogP contribution in [0.5, 0.6) is 0 Å². The summed E-state index contributed by atoms with van der Waals surface area (Å²) < 4.78 is 12.2. The Bertz CT molecular complexity index is 845. The summed E-state index contributed by atoms with van der Waals surface area (Å²) in [7, 11) is 0. The fourth-order valence-electron chi connectivity index (χ4n) is 3.68. The molecule has 1 aromatic carbocycles. The Labute approximate surface area is 168 Å². The summed E-state index contributed by atoms with van der Waals surface area (Å²) >= 11 is 3.51. The van der Waals surface area contributed by atoms with Crippen molar-refractivity contribution in [1.82, 2.24) is 10.3 Å². The van der Waals surface area contributed by atoms with Gasteiger partial charge in [-0.3, -0.25) is 9.78 Å². The molecular formula is C21H25BrN2O3. The Hall–Kier alpha value is -1.50. The maximum atomic E-state index is 13.0. The van der Waals surface area contributed by atoms with Crippen LogP contribution in [0.1, 0.15) is 59.6 Å². The number of nitrogens with one attached hydrogen (secondary N) is 1. The lowest BCUT2D eigenvalue weighted by atomic mass is 9.98. The van der Waals surface area contributed by atoms with Crippen LogP contribution in [0.15, 0.2) is 22.7 Å². The number of amides is 1. The highest BCUT2D eigenvalue weighted by Crippen LogP contribution is 2.42. The van der Waals surface area contributed by atoms with Gasteiger partial charge in [0.05, 0.1) is 17.7 Å². The molecule has 1 aliphatic carbocycles. The maximum Gasteiger partial charge on any atom is 0.252 e. The van der Waals surface area contributed by atoms with E-state index in [1.807, 2.05) is 25.1 Å².